The van der Waals surface area contributed by atoms with Crippen molar-refractivity contribution >= 4 is 17.6 Å². The van der Waals surface area contributed by atoms with Crippen LogP contribution in [0.25, 0.3) is 11.1 Å². The Morgan fingerprint density at radius 1 is 0.893 bits per heavy atom. The second kappa shape index (κ2) is 8.86. The molecule has 0 unspecified atom stereocenters. The summed E-state index contributed by atoms with van der Waals surface area (Å²) in [6.45, 7) is 1.29. The van der Waals surface area contributed by atoms with Gasteiger partial charge >= 0.3 is 5.97 Å². The van der Waals surface area contributed by atoms with Gasteiger partial charge in [-0.15, -0.1) is 0 Å². The molecular weight excluding hydrogens is 354 g/mol. The predicted octanol–water partition coefficient (Wildman–Crippen LogP) is 4.37. The molecular formula is C23H21NO4. The molecule has 3 aromatic rings. The maximum Gasteiger partial charge on any atom is 0.323 e. The van der Waals surface area contributed by atoms with E-state index in [0.717, 1.165) is 22.4 Å². The highest BCUT2D eigenvalue weighted by molar-refractivity contribution is 5.95. The zero-order chi connectivity index (χ0) is 19.9. The van der Waals surface area contributed by atoms with Crippen LogP contribution in [0, 0.1) is 0 Å². The summed E-state index contributed by atoms with van der Waals surface area (Å²) in [6, 6.07) is 25.1. The van der Waals surface area contributed by atoms with E-state index in [2.05, 4.69) is 12.1 Å². The standard InChI is InChI=1S/C23H21NO4/c1-17(25)24(15-23(26)27)21-9-5-6-18(14-21)16-28-22-12-10-20(11-13-22)19-7-3-2-4-8-19/h2-14H,15-16H2,1H3,(H,26,27). The van der Waals surface area contributed by atoms with Crippen LogP contribution in [0.15, 0.2) is 78.9 Å². The van der Waals surface area contributed by atoms with Gasteiger partial charge in [0, 0.05) is 12.6 Å². The number of anilines is 1. The molecule has 0 radical (unpaired) electrons. The smallest absolute Gasteiger partial charge is 0.323 e. The van der Waals surface area contributed by atoms with Crippen molar-refractivity contribution in [3.63, 3.8) is 0 Å². The largest absolute Gasteiger partial charge is 0.489 e. The number of hydrogen-bond donors (Lipinski definition) is 1. The van der Waals surface area contributed by atoms with Gasteiger partial charge in [-0.25, -0.2) is 0 Å². The molecule has 0 saturated carbocycles. The van der Waals surface area contributed by atoms with Crippen molar-refractivity contribution in [3.8, 4) is 16.9 Å². The molecule has 0 saturated heterocycles. The second-order valence-electron chi connectivity index (χ2n) is 6.35. The summed E-state index contributed by atoms with van der Waals surface area (Å²) in [7, 11) is 0. The van der Waals surface area contributed by atoms with Crippen LogP contribution in [-0.2, 0) is 16.2 Å². The molecule has 5 nitrogen and oxygen atoms in total. The van der Waals surface area contributed by atoms with Gasteiger partial charge in [0.25, 0.3) is 0 Å². The van der Waals surface area contributed by atoms with Gasteiger partial charge in [0.2, 0.25) is 5.91 Å². The Labute approximate surface area is 163 Å². The van der Waals surface area contributed by atoms with Crippen molar-refractivity contribution in [2.75, 3.05) is 11.4 Å². The highest BCUT2D eigenvalue weighted by Gasteiger charge is 2.15. The van der Waals surface area contributed by atoms with E-state index in [1.54, 1.807) is 18.2 Å². The third-order valence-electron chi connectivity index (χ3n) is 4.26. The van der Waals surface area contributed by atoms with E-state index >= 15 is 0 Å². The number of rotatable bonds is 7. The highest BCUT2D eigenvalue weighted by Crippen LogP contribution is 2.23. The Bertz CT molecular complexity index is 952. The van der Waals surface area contributed by atoms with Gasteiger partial charge < -0.3 is 14.7 Å². The normalized spacial score (nSPS) is 10.3. The van der Waals surface area contributed by atoms with Crippen molar-refractivity contribution in [1.29, 1.82) is 0 Å². The number of carboxylic acid groups (broad SMARTS) is 1. The summed E-state index contributed by atoms with van der Waals surface area (Å²) < 4.78 is 5.84. The molecule has 3 aromatic carbocycles. The number of benzene rings is 3. The van der Waals surface area contributed by atoms with E-state index in [0.29, 0.717) is 12.3 Å². The average molecular weight is 375 g/mol. The van der Waals surface area contributed by atoms with Gasteiger partial charge in [0.1, 0.15) is 18.9 Å². The highest BCUT2D eigenvalue weighted by atomic mass is 16.5. The summed E-state index contributed by atoms with van der Waals surface area (Å²) in [5.41, 5.74) is 3.64. The predicted molar refractivity (Wildman–Crippen MR) is 108 cm³/mol. The number of carboxylic acids is 1. The third-order valence-corrected chi connectivity index (χ3v) is 4.26. The Morgan fingerprint density at radius 2 is 1.57 bits per heavy atom. The van der Waals surface area contributed by atoms with Crippen LogP contribution in [-0.4, -0.2) is 23.5 Å². The van der Waals surface area contributed by atoms with Crippen molar-refractivity contribution in [2.45, 2.75) is 13.5 Å². The van der Waals surface area contributed by atoms with Gasteiger partial charge in [-0.2, -0.15) is 0 Å². The number of amides is 1. The Morgan fingerprint density at radius 3 is 2.21 bits per heavy atom. The summed E-state index contributed by atoms with van der Waals surface area (Å²) in [5.74, 6) is -0.647. The SMILES string of the molecule is CC(=O)N(CC(=O)O)c1cccc(COc2ccc(-c3ccccc3)cc2)c1. The first-order valence-electron chi connectivity index (χ1n) is 8.90. The first-order valence-corrected chi connectivity index (χ1v) is 8.90. The van der Waals surface area contributed by atoms with E-state index in [1.165, 1.54) is 11.8 Å². The lowest BCUT2D eigenvalue weighted by molar-refractivity contribution is -0.136. The van der Waals surface area contributed by atoms with E-state index in [-0.39, 0.29) is 12.5 Å². The summed E-state index contributed by atoms with van der Waals surface area (Å²) in [6.07, 6.45) is 0. The van der Waals surface area contributed by atoms with Gasteiger partial charge in [-0.3, -0.25) is 9.59 Å². The summed E-state index contributed by atoms with van der Waals surface area (Å²) in [5, 5.41) is 9.00. The van der Waals surface area contributed by atoms with Crippen molar-refractivity contribution in [2.24, 2.45) is 0 Å². The summed E-state index contributed by atoms with van der Waals surface area (Å²) in [4.78, 5) is 24.0. The lowest BCUT2D eigenvalue weighted by atomic mass is 10.1. The number of carbonyl (C=O) groups excluding carboxylic acids is 1. The van der Waals surface area contributed by atoms with Crippen LogP contribution < -0.4 is 9.64 Å². The fourth-order valence-electron chi connectivity index (χ4n) is 2.87. The number of aliphatic carboxylic acids is 1. The zero-order valence-corrected chi connectivity index (χ0v) is 15.5. The average Bonchev–Trinajstić information content (AvgIpc) is 2.71. The number of hydrogen-bond acceptors (Lipinski definition) is 3. The van der Waals surface area contributed by atoms with Crippen molar-refractivity contribution < 1.29 is 19.4 Å². The first kappa shape index (κ1) is 19.2. The maximum absolute atomic E-state index is 11.8. The fraction of sp³-hybridized carbons (Fsp3) is 0.130. The molecule has 0 atom stereocenters. The molecule has 1 N–H and O–H groups in total. The molecule has 0 bridgehead atoms. The minimum atomic E-state index is -1.06. The molecule has 0 aliphatic heterocycles. The molecule has 0 spiro atoms. The Balaban J connectivity index is 1.68. The lowest BCUT2D eigenvalue weighted by Gasteiger charge is -2.19. The van der Waals surface area contributed by atoms with Gasteiger partial charge in [-0.1, -0.05) is 54.6 Å². The topological polar surface area (TPSA) is 66.8 Å². The molecule has 28 heavy (non-hydrogen) atoms. The van der Waals surface area contributed by atoms with Gasteiger partial charge in [0.15, 0.2) is 0 Å². The van der Waals surface area contributed by atoms with Crippen LogP contribution in [0.5, 0.6) is 5.75 Å². The number of ether oxygens (including phenoxy) is 1. The Hall–Kier alpha value is -3.60. The molecule has 0 fully saturated rings. The molecule has 5 heteroatoms. The van der Waals surface area contributed by atoms with E-state index < -0.39 is 5.97 Å². The van der Waals surface area contributed by atoms with E-state index in [9.17, 15) is 9.59 Å². The molecule has 3 rings (SSSR count). The van der Waals surface area contributed by atoms with Crippen LogP contribution >= 0.6 is 0 Å². The molecule has 0 heterocycles. The van der Waals surface area contributed by atoms with Crippen molar-refractivity contribution in [3.05, 3.63) is 84.4 Å². The number of nitrogens with zero attached hydrogens (tertiary/aromatic N) is 1. The molecule has 0 aliphatic rings. The maximum atomic E-state index is 11.8. The van der Waals surface area contributed by atoms with Crippen LogP contribution in [0.1, 0.15) is 12.5 Å². The van der Waals surface area contributed by atoms with E-state index in [4.69, 9.17) is 9.84 Å². The van der Waals surface area contributed by atoms with E-state index in [1.807, 2.05) is 48.5 Å². The fourth-order valence-corrected chi connectivity index (χ4v) is 2.87. The zero-order valence-electron chi connectivity index (χ0n) is 15.5. The lowest BCUT2D eigenvalue weighted by Crippen LogP contribution is -2.33. The summed E-state index contributed by atoms with van der Waals surface area (Å²) >= 11 is 0. The molecule has 142 valence electrons. The third kappa shape index (κ3) is 4.98. The van der Waals surface area contributed by atoms with Crippen molar-refractivity contribution in [1.82, 2.24) is 0 Å². The second-order valence-corrected chi connectivity index (χ2v) is 6.35. The number of carbonyl (C=O) groups is 2. The minimum Gasteiger partial charge on any atom is -0.489 e. The Kier molecular flexibility index (Phi) is 6.07. The monoisotopic (exact) mass is 375 g/mol. The van der Waals surface area contributed by atoms with Crippen LogP contribution in [0.4, 0.5) is 5.69 Å². The molecule has 1 amide bonds. The molecule has 0 aliphatic carbocycles. The van der Waals surface area contributed by atoms with Gasteiger partial charge in [-0.05, 0) is 41.0 Å². The minimum absolute atomic E-state index is 0.317. The van der Waals surface area contributed by atoms with Crippen LogP contribution in [0.3, 0.4) is 0 Å². The quantitative estimate of drug-likeness (QED) is 0.666. The van der Waals surface area contributed by atoms with Gasteiger partial charge in [0.05, 0.1) is 0 Å². The molecule has 0 aromatic heterocycles. The first-order chi connectivity index (χ1) is 13.5. The van der Waals surface area contributed by atoms with Crippen LogP contribution in [0.2, 0.25) is 0 Å².